The van der Waals surface area contributed by atoms with Gasteiger partial charge in [0, 0.05) is 17.7 Å². The van der Waals surface area contributed by atoms with E-state index in [-0.39, 0.29) is 18.0 Å². The molecule has 1 aromatic heterocycles. The first kappa shape index (κ1) is 13.8. The van der Waals surface area contributed by atoms with Crippen molar-refractivity contribution >= 4 is 5.69 Å². The van der Waals surface area contributed by atoms with E-state index in [0.29, 0.717) is 11.5 Å². The maximum atomic E-state index is 10.9. The van der Waals surface area contributed by atoms with Crippen LogP contribution in [-0.4, -0.2) is 10.1 Å². The average molecular weight is 296 g/mol. The van der Waals surface area contributed by atoms with Crippen molar-refractivity contribution in [3.63, 3.8) is 0 Å². The Kier molecular flexibility index (Phi) is 3.82. The number of nitro benzene ring substituents is 1. The molecule has 6 heteroatoms. The van der Waals surface area contributed by atoms with Gasteiger partial charge in [-0.2, -0.15) is 0 Å². The Labute approximate surface area is 126 Å². The molecule has 0 N–H and O–H groups in total. The Morgan fingerprint density at radius 1 is 1.09 bits per heavy atom. The van der Waals surface area contributed by atoms with Gasteiger partial charge in [-0.3, -0.25) is 10.1 Å². The van der Waals surface area contributed by atoms with Gasteiger partial charge in [0.15, 0.2) is 11.5 Å². The number of ether oxygens (including phenoxy) is 1. The van der Waals surface area contributed by atoms with Crippen LogP contribution in [0.15, 0.2) is 65.2 Å². The van der Waals surface area contributed by atoms with E-state index in [0.717, 1.165) is 5.56 Å². The Morgan fingerprint density at radius 2 is 1.82 bits per heavy atom. The monoisotopic (exact) mass is 296 g/mol. The number of nitrogens with zero attached hydrogens (tertiary/aromatic N) is 2. The van der Waals surface area contributed by atoms with Gasteiger partial charge in [0.2, 0.25) is 0 Å². The van der Waals surface area contributed by atoms with Crippen LogP contribution < -0.4 is 4.74 Å². The molecule has 0 saturated carbocycles. The van der Waals surface area contributed by atoms with E-state index in [1.54, 1.807) is 24.3 Å². The van der Waals surface area contributed by atoms with Crippen molar-refractivity contribution in [2.75, 3.05) is 0 Å². The smallest absolute Gasteiger partial charge is 0.310 e. The zero-order chi connectivity index (χ0) is 15.4. The summed E-state index contributed by atoms with van der Waals surface area (Å²) in [6.45, 7) is 0.0984. The molecule has 0 bridgehead atoms. The van der Waals surface area contributed by atoms with Crippen molar-refractivity contribution in [2.45, 2.75) is 6.61 Å². The minimum absolute atomic E-state index is 0.0747. The van der Waals surface area contributed by atoms with E-state index >= 15 is 0 Å². The normalized spacial score (nSPS) is 10.4. The molecule has 0 radical (unpaired) electrons. The Balaban J connectivity index is 1.73. The van der Waals surface area contributed by atoms with Crippen LogP contribution in [0, 0.1) is 10.1 Å². The van der Waals surface area contributed by atoms with Crippen molar-refractivity contribution in [1.29, 1.82) is 0 Å². The quantitative estimate of drug-likeness (QED) is 0.528. The molecule has 0 saturated heterocycles. The minimum Gasteiger partial charge on any atom is -0.480 e. The Hall–Kier alpha value is -3.15. The first-order valence-corrected chi connectivity index (χ1v) is 6.61. The molecule has 3 rings (SSSR count). The summed E-state index contributed by atoms with van der Waals surface area (Å²) in [6.07, 6.45) is 0. The molecule has 110 valence electrons. The van der Waals surface area contributed by atoms with Crippen LogP contribution in [0.1, 0.15) is 5.69 Å². The van der Waals surface area contributed by atoms with Crippen molar-refractivity contribution in [1.82, 2.24) is 5.16 Å². The van der Waals surface area contributed by atoms with Gasteiger partial charge in [0.25, 0.3) is 0 Å². The molecule has 0 spiro atoms. The summed E-state index contributed by atoms with van der Waals surface area (Å²) in [5.41, 5.74) is 1.40. The maximum absolute atomic E-state index is 10.9. The van der Waals surface area contributed by atoms with Gasteiger partial charge < -0.3 is 9.26 Å². The van der Waals surface area contributed by atoms with Crippen LogP contribution in [0.4, 0.5) is 5.69 Å². The van der Waals surface area contributed by atoms with Crippen LogP contribution >= 0.6 is 0 Å². The second kappa shape index (κ2) is 6.09. The lowest BCUT2D eigenvalue weighted by Gasteiger charge is -2.03. The molecule has 0 aliphatic heterocycles. The third kappa shape index (κ3) is 2.95. The van der Waals surface area contributed by atoms with E-state index in [4.69, 9.17) is 9.26 Å². The molecule has 6 nitrogen and oxygen atoms in total. The number of rotatable bonds is 5. The lowest BCUT2D eigenvalue weighted by Crippen LogP contribution is -1.98. The molecule has 2 aromatic carbocycles. The largest absolute Gasteiger partial charge is 0.480 e. The number of aromatic nitrogens is 1. The SMILES string of the molecule is O=[N+]([O-])c1ccccc1OCc1cc(-c2ccccc2)on1. The number of hydrogen-bond acceptors (Lipinski definition) is 5. The number of hydrogen-bond donors (Lipinski definition) is 0. The standard InChI is InChI=1S/C16H12N2O4/c19-18(20)14-8-4-5-9-15(14)21-11-13-10-16(22-17-13)12-6-2-1-3-7-12/h1-10H,11H2. The van der Waals surface area contributed by atoms with Gasteiger partial charge in [-0.05, 0) is 6.07 Å². The highest BCUT2D eigenvalue weighted by Gasteiger charge is 2.14. The lowest BCUT2D eigenvalue weighted by molar-refractivity contribution is -0.385. The van der Waals surface area contributed by atoms with Gasteiger partial charge in [-0.1, -0.05) is 47.6 Å². The fourth-order valence-corrected chi connectivity index (χ4v) is 2.00. The Bertz CT molecular complexity index is 784. The fraction of sp³-hybridized carbons (Fsp3) is 0.0625. The van der Waals surface area contributed by atoms with Gasteiger partial charge in [-0.15, -0.1) is 0 Å². The van der Waals surface area contributed by atoms with Crippen LogP contribution in [0.3, 0.4) is 0 Å². The van der Waals surface area contributed by atoms with Crippen molar-refractivity contribution in [3.05, 3.63) is 76.5 Å². The van der Waals surface area contributed by atoms with Crippen LogP contribution in [-0.2, 0) is 6.61 Å². The van der Waals surface area contributed by atoms with Gasteiger partial charge in [-0.25, -0.2) is 0 Å². The van der Waals surface area contributed by atoms with Crippen molar-refractivity contribution in [3.8, 4) is 17.1 Å². The van der Waals surface area contributed by atoms with E-state index in [2.05, 4.69) is 5.16 Å². The molecular weight excluding hydrogens is 284 g/mol. The molecular formula is C16H12N2O4. The molecule has 3 aromatic rings. The molecule has 0 fully saturated rings. The third-order valence-corrected chi connectivity index (χ3v) is 3.05. The number of para-hydroxylation sites is 2. The second-order valence-electron chi connectivity index (χ2n) is 4.56. The zero-order valence-corrected chi connectivity index (χ0v) is 11.5. The van der Waals surface area contributed by atoms with E-state index in [1.807, 2.05) is 30.3 Å². The minimum atomic E-state index is -0.479. The van der Waals surface area contributed by atoms with Crippen LogP contribution in [0.2, 0.25) is 0 Å². The molecule has 1 heterocycles. The first-order chi connectivity index (χ1) is 10.7. The summed E-state index contributed by atoms with van der Waals surface area (Å²) in [5.74, 6) is 0.832. The predicted molar refractivity (Wildman–Crippen MR) is 79.4 cm³/mol. The summed E-state index contributed by atoms with van der Waals surface area (Å²) in [4.78, 5) is 10.4. The fourth-order valence-electron chi connectivity index (χ4n) is 2.00. The molecule has 0 aliphatic carbocycles. The molecule has 0 atom stereocenters. The van der Waals surface area contributed by atoms with Gasteiger partial charge in [0.05, 0.1) is 4.92 Å². The van der Waals surface area contributed by atoms with Crippen molar-refractivity contribution in [2.24, 2.45) is 0 Å². The van der Waals surface area contributed by atoms with Crippen LogP contribution in [0.25, 0.3) is 11.3 Å². The number of benzene rings is 2. The highest BCUT2D eigenvalue weighted by Crippen LogP contribution is 2.27. The molecule has 0 unspecified atom stereocenters. The van der Waals surface area contributed by atoms with Crippen LogP contribution in [0.5, 0.6) is 5.75 Å². The highest BCUT2D eigenvalue weighted by molar-refractivity contribution is 5.56. The topological polar surface area (TPSA) is 78.4 Å². The Morgan fingerprint density at radius 3 is 2.59 bits per heavy atom. The lowest BCUT2D eigenvalue weighted by atomic mass is 10.2. The highest BCUT2D eigenvalue weighted by atomic mass is 16.6. The zero-order valence-electron chi connectivity index (χ0n) is 11.5. The summed E-state index contributed by atoms with van der Waals surface area (Å²) in [6, 6.07) is 17.5. The van der Waals surface area contributed by atoms with E-state index in [1.165, 1.54) is 6.07 Å². The van der Waals surface area contributed by atoms with Crippen molar-refractivity contribution < 1.29 is 14.2 Å². The summed E-state index contributed by atoms with van der Waals surface area (Å²) >= 11 is 0. The molecule has 0 amide bonds. The van der Waals surface area contributed by atoms with E-state index in [9.17, 15) is 10.1 Å². The molecule has 22 heavy (non-hydrogen) atoms. The van der Waals surface area contributed by atoms with Gasteiger partial charge >= 0.3 is 5.69 Å². The molecule has 0 aliphatic rings. The number of nitro groups is 1. The predicted octanol–water partition coefficient (Wildman–Crippen LogP) is 3.83. The summed E-state index contributed by atoms with van der Waals surface area (Å²) in [7, 11) is 0. The average Bonchev–Trinajstić information content (AvgIpc) is 3.03. The van der Waals surface area contributed by atoms with E-state index < -0.39 is 4.92 Å². The second-order valence-corrected chi connectivity index (χ2v) is 4.56. The summed E-state index contributed by atoms with van der Waals surface area (Å²) in [5, 5.41) is 14.8. The first-order valence-electron chi connectivity index (χ1n) is 6.61. The third-order valence-electron chi connectivity index (χ3n) is 3.05. The maximum Gasteiger partial charge on any atom is 0.310 e. The summed E-state index contributed by atoms with van der Waals surface area (Å²) < 4.78 is 10.7. The van der Waals surface area contributed by atoms with Gasteiger partial charge in [0.1, 0.15) is 12.3 Å².